The predicted molar refractivity (Wildman–Crippen MR) is 146 cm³/mol. The number of nitrogens with one attached hydrogen (secondary N) is 1. The lowest BCUT2D eigenvalue weighted by molar-refractivity contribution is 0.0928. The minimum absolute atomic E-state index is 0.0129. The first-order valence-corrected chi connectivity index (χ1v) is 13.4. The van der Waals surface area contributed by atoms with Gasteiger partial charge in [0, 0.05) is 23.5 Å². The monoisotopic (exact) mass is 535 g/mol. The van der Waals surface area contributed by atoms with Crippen LogP contribution >= 0.6 is 0 Å². The van der Waals surface area contributed by atoms with Crippen molar-refractivity contribution in [2.75, 3.05) is 6.61 Å². The zero-order chi connectivity index (χ0) is 27.3. The summed E-state index contributed by atoms with van der Waals surface area (Å²) < 4.78 is 22.3. The summed E-state index contributed by atoms with van der Waals surface area (Å²) in [6, 6.07) is 17.6. The molecule has 1 spiro atoms. The van der Waals surface area contributed by atoms with E-state index in [1.165, 1.54) is 6.07 Å². The van der Waals surface area contributed by atoms with Crippen LogP contribution in [0.15, 0.2) is 73.1 Å². The fourth-order valence-corrected chi connectivity index (χ4v) is 5.78. The van der Waals surface area contributed by atoms with Crippen LogP contribution in [0.1, 0.15) is 48.4 Å². The summed E-state index contributed by atoms with van der Waals surface area (Å²) >= 11 is 0. The maximum absolute atomic E-state index is 15.0. The molecule has 0 saturated heterocycles. The molecule has 1 N–H and O–H groups in total. The Bertz CT molecular complexity index is 1730. The Balaban J connectivity index is 1.11. The second-order valence-corrected chi connectivity index (χ2v) is 10.4. The quantitative estimate of drug-likeness (QED) is 0.317. The van der Waals surface area contributed by atoms with Crippen LogP contribution in [-0.2, 0) is 0 Å². The second-order valence-electron chi connectivity index (χ2n) is 10.4. The van der Waals surface area contributed by atoms with Crippen LogP contribution in [0.3, 0.4) is 0 Å². The van der Waals surface area contributed by atoms with Gasteiger partial charge in [-0.05, 0) is 80.1 Å². The van der Waals surface area contributed by atoms with E-state index in [0.29, 0.717) is 46.7 Å². The number of ether oxygens (including phenoxy) is 1. The third-order valence-corrected chi connectivity index (χ3v) is 7.92. The number of amides is 1. The van der Waals surface area contributed by atoms with Crippen molar-refractivity contribution < 1.29 is 13.9 Å². The van der Waals surface area contributed by atoms with Gasteiger partial charge in [0.1, 0.15) is 28.8 Å². The summed E-state index contributed by atoms with van der Waals surface area (Å²) in [5.41, 5.74) is 1.88. The average molecular weight is 536 g/mol. The highest BCUT2D eigenvalue weighted by atomic mass is 19.1. The SMILES string of the molecule is CCOc1ccc(-c2nnc(C3CC4(C3)CC4NC(=O)c3ccc4cccnc4n3)n2-c2ccccc2F)nc1. The Morgan fingerprint density at radius 3 is 2.73 bits per heavy atom. The molecule has 1 unspecified atom stereocenters. The molecule has 200 valence electrons. The van der Waals surface area contributed by atoms with E-state index < -0.39 is 0 Å². The maximum atomic E-state index is 15.0. The van der Waals surface area contributed by atoms with Gasteiger partial charge in [0.25, 0.3) is 5.91 Å². The van der Waals surface area contributed by atoms with Gasteiger partial charge in [0.15, 0.2) is 11.5 Å². The van der Waals surface area contributed by atoms with Gasteiger partial charge in [0.05, 0.1) is 18.5 Å². The van der Waals surface area contributed by atoms with Crippen LogP contribution in [-0.4, -0.2) is 48.3 Å². The van der Waals surface area contributed by atoms with Crippen molar-refractivity contribution in [1.29, 1.82) is 0 Å². The summed E-state index contributed by atoms with van der Waals surface area (Å²) in [5.74, 6) is 1.34. The zero-order valence-electron chi connectivity index (χ0n) is 21.8. The van der Waals surface area contributed by atoms with Gasteiger partial charge in [0.2, 0.25) is 0 Å². The summed E-state index contributed by atoms with van der Waals surface area (Å²) in [6.07, 6.45) is 5.85. The number of nitrogens with zero attached hydrogens (tertiary/aromatic N) is 6. The normalized spacial score (nSPS) is 21.2. The molecule has 9 nitrogen and oxygen atoms in total. The van der Waals surface area contributed by atoms with E-state index >= 15 is 4.39 Å². The molecule has 0 radical (unpaired) electrons. The highest BCUT2D eigenvalue weighted by Crippen LogP contribution is 2.66. The fourth-order valence-electron chi connectivity index (χ4n) is 5.78. The first-order valence-electron chi connectivity index (χ1n) is 13.4. The molecule has 2 fully saturated rings. The molecule has 0 bridgehead atoms. The highest BCUT2D eigenvalue weighted by molar-refractivity contribution is 5.94. The molecule has 7 rings (SSSR count). The van der Waals surface area contributed by atoms with Crippen molar-refractivity contribution in [1.82, 2.24) is 35.0 Å². The lowest BCUT2D eigenvalue weighted by Gasteiger charge is -2.36. The summed E-state index contributed by atoms with van der Waals surface area (Å²) in [4.78, 5) is 26.1. The number of hydrogen-bond donors (Lipinski definition) is 1. The molecule has 1 atom stereocenters. The lowest BCUT2D eigenvalue weighted by atomic mass is 9.70. The number of hydrogen-bond acceptors (Lipinski definition) is 7. The number of aromatic nitrogens is 6. The van der Waals surface area contributed by atoms with E-state index in [2.05, 4.69) is 30.5 Å². The number of fused-ring (bicyclic) bond motifs is 1. The molecule has 4 heterocycles. The van der Waals surface area contributed by atoms with Gasteiger partial charge in [-0.2, -0.15) is 0 Å². The molecule has 1 amide bonds. The number of carbonyl (C=O) groups excluding carboxylic acids is 1. The van der Waals surface area contributed by atoms with Gasteiger partial charge in [-0.1, -0.05) is 12.1 Å². The highest BCUT2D eigenvalue weighted by Gasteiger charge is 2.63. The van der Waals surface area contributed by atoms with Gasteiger partial charge in [-0.25, -0.2) is 19.3 Å². The van der Waals surface area contributed by atoms with Gasteiger partial charge in [-0.3, -0.25) is 9.36 Å². The van der Waals surface area contributed by atoms with Crippen molar-refractivity contribution in [2.45, 2.75) is 38.1 Å². The Labute approximate surface area is 229 Å². The van der Waals surface area contributed by atoms with Crippen molar-refractivity contribution in [3.05, 3.63) is 90.4 Å². The summed E-state index contributed by atoms with van der Waals surface area (Å²) in [7, 11) is 0. The topological polar surface area (TPSA) is 108 Å². The van der Waals surface area contributed by atoms with Crippen molar-refractivity contribution in [3.8, 4) is 23.0 Å². The molecule has 0 aliphatic heterocycles. The van der Waals surface area contributed by atoms with E-state index in [0.717, 1.165) is 24.6 Å². The first-order chi connectivity index (χ1) is 19.5. The molecule has 4 aromatic heterocycles. The van der Waals surface area contributed by atoms with Gasteiger partial charge in [-0.15, -0.1) is 10.2 Å². The van der Waals surface area contributed by atoms with Gasteiger partial charge >= 0.3 is 0 Å². The van der Waals surface area contributed by atoms with E-state index in [9.17, 15) is 4.79 Å². The van der Waals surface area contributed by atoms with Crippen molar-refractivity contribution in [2.24, 2.45) is 5.41 Å². The van der Waals surface area contributed by atoms with Crippen LogP contribution < -0.4 is 10.1 Å². The van der Waals surface area contributed by atoms with Crippen molar-refractivity contribution in [3.63, 3.8) is 0 Å². The molecule has 1 aromatic carbocycles. The number of para-hydroxylation sites is 1. The van der Waals surface area contributed by atoms with E-state index in [-0.39, 0.29) is 29.1 Å². The van der Waals surface area contributed by atoms with E-state index in [1.807, 2.05) is 31.2 Å². The molecule has 2 aliphatic carbocycles. The molecule has 2 aliphatic rings. The molecule has 2 saturated carbocycles. The Hall–Kier alpha value is -4.73. The van der Waals surface area contributed by atoms with Crippen molar-refractivity contribution >= 4 is 16.9 Å². The molecule has 5 aromatic rings. The molecule has 10 heteroatoms. The minimum Gasteiger partial charge on any atom is -0.492 e. The molecular weight excluding hydrogens is 509 g/mol. The third kappa shape index (κ3) is 4.16. The number of benzene rings is 1. The number of pyridine rings is 3. The molecule has 40 heavy (non-hydrogen) atoms. The summed E-state index contributed by atoms with van der Waals surface area (Å²) in [5, 5.41) is 13.0. The molecular formula is C30H26FN7O2. The minimum atomic E-state index is -0.362. The van der Waals surface area contributed by atoms with Crippen LogP contribution in [0, 0.1) is 11.2 Å². The maximum Gasteiger partial charge on any atom is 0.270 e. The van der Waals surface area contributed by atoms with E-state index in [1.54, 1.807) is 47.3 Å². The Kier molecular flexibility index (Phi) is 5.76. The lowest BCUT2D eigenvalue weighted by Crippen LogP contribution is -2.36. The van der Waals surface area contributed by atoms with Crippen LogP contribution in [0.4, 0.5) is 4.39 Å². The zero-order valence-corrected chi connectivity index (χ0v) is 21.8. The second kappa shape index (κ2) is 9.48. The van der Waals surface area contributed by atoms with E-state index in [4.69, 9.17) is 4.74 Å². The predicted octanol–water partition coefficient (Wildman–Crippen LogP) is 4.88. The number of carbonyl (C=O) groups is 1. The largest absolute Gasteiger partial charge is 0.492 e. The van der Waals surface area contributed by atoms with Crippen LogP contribution in [0.25, 0.3) is 28.2 Å². The average Bonchev–Trinajstić information content (AvgIpc) is 3.51. The number of rotatable bonds is 7. The Morgan fingerprint density at radius 2 is 1.93 bits per heavy atom. The summed E-state index contributed by atoms with van der Waals surface area (Å²) in [6.45, 7) is 2.45. The third-order valence-electron chi connectivity index (χ3n) is 7.92. The standard InChI is InChI=1S/C30H26FN7O2/c1-2-40-20-10-12-22(33-17-20)28-37-36-27(38(28)24-8-4-3-7-21(24)31)19-14-30(15-19)16-25(30)35-29(39)23-11-9-18-6-5-13-32-26(18)34-23/h3-13,17,19,25H,2,14-16H2,1H3,(H,35,39). The van der Waals surface area contributed by atoms with Crippen LogP contribution in [0.5, 0.6) is 5.75 Å². The smallest absolute Gasteiger partial charge is 0.270 e. The number of halogens is 1. The van der Waals surface area contributed by atoms with Gasteiger partial charge < -0.3 is 10.1 Å². The first kappa shape index (κ1) is 24.3. The fraction of sp³-hybridized carbons (Fsp3) is 0.267. The van der Waals surface area contributed by atoms with Crippen LogP contribution in [0.2, 0.25) is 0 Å². The Morgan fingerprint density at radius 1 is 1.05 bits per heavy atom.